The molecule has 3 aromatic rings. The first-order chi connectivity index (χ1) is 8.63. The van der Waals surface area contributed by atoms with Gasteiger partial charge in [-0.15, -0.1) is 0 Å². The zero-order valence-electron chi connectivity index (χ0n) is 9.77. The van der Waals surface area contributed by atoms with Crippen LogP contribution < -0.4 is 5.73 Å². The number of rotatable bonds is 1. The van der Waals surface area contributed by atoms with Crippen LogP contribution in [0.2, 0.25) is 0 Å². The van der Waals surface area contributed by atoms with Crippen LogP contribution >= 0.6 is 15.9 Å². The summed E-state index contributed by atoms with van der Waals surface area (Å²) >= 11 is 3.51. The molecule has 1 heterocycles. The number of nitrogen functional groups attached to an aromatic ring is 1. The molecule has 3 rings (SSSR count). The van der Waals surface area contributed by atoms with Crippen molar-refractivity contribution in [2.75, 3.05) is 5.73 Å². The molecule has 0 unspecified atom stereocenters. The first-order valence-electron chi connectivity index (χ1n) is 5.56. The molecule has 1 aromatic heterocycles. The van der Waals surface area contributed by atoms with Gasteiger partial charge in [0.2, 0.25) is 5.89 Å². The SMILES string of the molecule is Cc1ccc(Br)c(-c2nc3cc(N)ccc3o2)c1. The second-order valence-electron chi connectivity index (χ2n) is 4.23. The van der Waals surface area contributed by atoms with Gasteiger partial charge in [-0.25, -0.2) is 4.98 Å². The van der Waals surface area contributed by atoms with Crippen molar-refractivity contribution in [3.05, 3.63) is 46.4 Å². The minimum atomic E-state index is 0.603. The van der Waals surface area contributed by atoms with Gasteiger partial charge in [0.15, 0.2) is 5.58 Å². The van der Waals surface area contributed by atoms with Crippen LogP contribution in [0.3, 0.4) is 0 Å². The van der Waals surface area contributed by atoms with Crippen molar-refractivity contribution >= 4 is 32.7 Å². The number of hydrogen-bond acceptors (Lipinski definition) is 3. The third-order valence-electron chi connectivity index (χ3n) is 2.76. The molecule has 0 radical (unpaired) electrons. The third-order valence-corrected chi connectivity index (χ3v) is 3.46. The highest BCUT2D eigenvalue weighted by atomic mass is 79.9. The number of benzene rings is 2. The molecule has 0 saturated heterocycles. The Kier molecular flexibility index (Phi) is 2.59. The van der Waals surface area contributed by atoms with E-state index in [2.05, 4.69) is 20.9 Å². The lowest BCUT2D eigenvalue weighted by atomic mass is 10.1. The molecule has 0 aliphatic rings. The van der Waals surface area contributed by atoms with Gasteiger partial charge in [0.25, 0.3) is 0 Å². The maximum absolute atomic E-state index is 5.75. The van der Waals surface area contributed by atoms with Crippen molar-refractivity contribution in [1.29, 1.82) is 0 Å². The van der Waals surface area contributed by atoms with E-state index in [1.54, 1.807) is 0 Å². The number of anilines is 1. The number of nitrogens with two attached hydrogens (primary N) is 1. The molecular formula is C14H11BrN2O. The highest BCUT2D eigenvalue weighted by molar-refractivity contribution is 9.10. The summed E-state index contributed by atoms with van der Waals surface area (Å²) in [6, 6.07) is 11.5. The van der Waals surface area contributed by atoms with Gasteiger partial charge < -0.3 is 10.2 Å². The maximum atomic E-state index is 5.75. The van der Waals surface area contributed by atoms with Crippen molar-refractivity contribution in [3.63, 3.8) is 0 Å². The average Bonchev–Trinajstić information content (AvgIpc) is 2.74. The minimum Gasteiger partial charge on any atom is -0.436 e. The van der Waals surface area contributed by atoms with Crippen LogP contribution in [0.25, 0.3) is 22.6 Å². The van der Waals surface area contributed by atoms with E-state index < -0.39 is 0 Å². The summed E-state index contributed by atoms with van der Waals surface area (Å²) in [5.41, 5.74) is 10.1. The summed E-state index contributed by atoms with van der Waals surface area (Å²) in [4.78, 5) is 4.47. The molecule has 0 amide bonds. The minimum absolute atomic E-state index is 0.603. The van der Waals surface area contributed by atoms with Crippen molar-refractivity contribution in [2.24, 2.45) is 0 Å². The molecule has 0 atom stereocenters. The van der Waals surface area contributed by atoms with E-state index >= 15 is 0 Å². The van der Waals surface area contributed by atoms with E-state index in [9.17, 15) is 0 Å². The van der Waals surface area contributed by atoms with Crippen molar-refractivity contribution in [2.45, 2.75) is 6.92 Å². The van der Waals surface area contributed by atoms with Crippen LogP contribution in [0, 0.1) is 6.92 Å². The van der Waals surface area contributed by atoms with Crippen LogP contribution in [-0.4, -0.2) is 4.98 Å². The quantitative estimate of drug-likeness (QED) is 0.687. The largest absolute Gasteiger partial charge is 0.436 e. The Labute approximate surface area is 113 Å². The second-order valence-corrected chi connectivity index (χ2v) is 5.08. The van der Waals surface area contributed by atoms with Crippen LogP contribution in [0.15, 0.2) is 45.3 Å². The highest BCUT2D eigenvalue weighted by Gasteiger charge is 2.11. The van der Waals surface area contributed by atoms with E-state index in [1.165, 1.54) is 0 Å². The lowest BCUT2D eigenvalue weighted by molar-refractivity contribution is 0.619. The Morgan fingerprint density at radius 1 is 1.17 bits per heavy atom. The summed E-state index contributed by atoms with van der Waals surface area (Å²) < 4.78 is 6.71. The first kappa shape index (κ1) is 11.3. The first-order valence-corrected chi connectivity index (χ1v) is 6.35. The van der Waals surface area contributed by atoms with E-state index in [4.69, 9.17) is 10.2 Å². The Morgan fingerprint density at radius 2 is 2.00 bits per heavy atom. The Hall–Kier alpha value is -1.81. The molecule has 0 bridgehead atoms. The Balaban J connectivity index is 2.22. The molecule has 0 aliphatic carbocycles. The lowest BCUT2D eigenvalue weighted by Crippen LogP contribution is -1.83. The number of oxazole rings is 1. The van der Waals surface area contributed by atoms with E-state index in [0.29, 0.717) is 11.6 Å². The molecule has 3 nitrogen and oxygen atoms in total. The molecule has 2 aromatic carbocycles. The summed E-state index contributed by atoms with van der Waals surface area (Å²) in [5, 5.41) is 0. The third kappa shape index (κ3) is 1.88. The molecule has 0 fully saturated rings. The number of fused-ring (bicyclic) bond motifs is 1. The van der Waals surface area contributed by atoms with Gasteiger partial charge in [-0.05, 0) is 53.2 Å². The summed E-state index contributed by atoms with van der Waals surface area (Å²) in [6.45, 7) is 2.04. The second kappa shape index (κ2) is 4.14. The zero-order chi connectivity index (χ0) is 12.7. The number of hydrogen-bond donors (Lipinski definition) is 1. The monoisotopic (exact) mass is 302 g/mol. The molecule has 0 aliphatic heterocycles. The number of aromatic nitrogens is 1. The Morgan fingerprint density at radius 3 is 2.83 bits per heavy atom. The topological polar surface area (TPSA) is 52.0 Å². The van der Waals surface area contributed by atoms with Crippen molar-refractivity contribution < 1.29 is 4.42 Å². The molecule has 0 saturated carbocycles. The van der Waals surface area contributed by atoms with Gasteiger partial charge in [-0.2, -0.15) is 0 Å². The fourth-order valence-corrected chi connectivity index (χ4v) is 2.28. The van der Waals surface area contributed by atoms with Crippen LogP contribution in [0.4, 0.5) is 5.69 Å². The van der Waals surface area contributed by atoms with E-state index in [1.807, 2.05) is 43.3 Å². The van der Waals surface area contributed by atoms with Crippen LogP contribution in [-0.2, 0) is 0 Å². The fourth-order valence-electron chi connectivity index (χ4n) is 1.86. The van der Waals surface area contributed by atoms with Gasteiger partial charge in [-0.1, -0.05) is 11.6 Å². The molecule has 18 heavy (non-hydrogen) atoms. The van der Waals surface area contributed by atoms with Crippen LogP contribution in [0.1, 0.15) is 5.56 Å². The fraction of sp³-hybridized carbons (Fsp3) is 0.0714. The smallest absolute Gasteiger partial charge is 0.228 e. The zero-order valence-corrected chi connectivity index (χ0v) is 11.4. The predicted octanol–water partition coefficient (Wildman–Crippen LogP) is 4.15. The lowest BCUT2D eigenvalue weighted by Gasteiger charge is -2.00. The van der Waals surface area contributed by atoms with Crippen LogP contribution in [0.5, 0.6) is 0 Å². The van der Waals surface area contributed by atoms with Gasteiger partial charge in [0.1, 0.15) is 5.52 Å². The average molecular weight is 303 g/mol. The summed E-state index contributed by atoms with van der Waals surface area (Å²) in [7, 11) is 0. The number of nitrogens with zero attached hydrogens (tertiary/aromatic N) is 1. The summed E-state index contributed by atoms with van der Waals surface area (Å²) in [5.74, 6) is 0.603. The molecule has 90 valence electrons. The number of halogens is 1. The van der Waals surface area contributed by atoms with Gasteiger partial charge >= 0.3 is 0 Å². The molecule has 0 spiro atoms. The van der Waals surface area contributed by atoms with Gasteiger partial charge in [0.05, 0.1) is 5.56 Å². The molecule has 4 heteroatoms. The van der Waals surface area contributed by atoms with Crippen molar-refractivity contribution in [3.8, 4) is 11.5 Å². The van der Waals surface area contributed by atoms with Gasteiger partial charge in [-0.3, -0.25) is 0 Å². The molecular weight excluding hydrogens is 292 g/mol. The maximum Gasteiger partial charge on any atom is 0.228 e. The Bertz CT molecular complexity index is 734. The van der Waals surface area contributed by atoms with Crippen molar-refractivity contribution in [1.82, 2.24) is 4.98 Å². The predicted molar refractivity (Wildman–Crippen MR) is 76.3 cm³/mol. The van der Waals surface area contributed by atoms with Gasteiger partial charge in [0, 0.05) is 10.2 Å². The summed E-state index contributed by atoms with van der Waals surface area (Å²) in [6.07, 6.45) is 0. The highest BCUT2D eigenvalue weighted by Crippen LogP contribution is 2.31. The normalized spacial score (nSPS) is 11.0. The van der Waals surface area contributed by atoms with E-state index in [0.717, 1.165) is 26.7 Å². The number of aryl methyl sites for hydroxylation is 1. The standard InChI is InChI=1S/C14H11BrN2O/c1-8-2-4-11(15)10(6-8)14-17-12-7-9(16)3-5-13(12)18-14/h2-7H,16H2,1H3. The van der Waals surface area contributed by atoms with E-state index in [-0.39, 0.29) is 0 Å². The molecule has 2 N–H and O–H groups in total.